The summed E-state index contributed by atoms with van der Waals surface area (Å²) in [5.74, 6) is -0.282. The van der Waals surface area contributed by atoms with Crippen LogP contribution in [-0.2, 0) is 4.79 Å². The number of rotatable bonds is 5. The Balaban J connectivity index is 2.30. The Bertz CT molecular complexity index is 975. The Labute approximate surface area is 169 Å². The minimum Gasteiger partial charge on any atom is -0.307 e. The van der Waals surface area contributed by atoms with Crippen molar-refractivity contribution in [3.05, 3.63) is 88.1 Å². The average molecular weight is 395 g/mol. The third kappa shape index (κ3) is 4.09. The van der Waals surface area contributed by atoms with Crippen molar-refractivity contribution in [2.45, 2.75) is 34.1 Å². The molecular weight excluding hydrogens is 371 g/mol. The maximum atomic E-state index is 13.6. The first-order chi connectivity index (χ1) is 13.4. The van der Waals surface area contributed by atoms with Crippen LogP contribution in [0.15, 0.2) is 71.2 Å². The van der Waals surface area contributed by atoms with Crippen molar-refractivity contribution in [1.82, 2.24) is 9.88 Å². The summed E-state index contributed by atoms with van der Waals surface area (Å²) >= 11 is 1.68. The van der Waals surface area contributed by atoms with Crippen molar-refractivity contribution in [2.24, 2.45) is 0 Å². The van der Waals surface area contributed by atoms with Gasteiger partial charge in [0, 0.05) is 29.1 Å². The molecule has 0 fully saturated rings. The Hall–Kier alpha value is -2.66. The fourth-order valence-corrected chi connectivity index (χ4v) is 4.48. The van der Waals surface area contributed by atoms with E-state index in [0.717, 1.165) is 38.9 Å². The highest BCUT2D eigenvalue weighted by molar-refractivity contribution is 8.12. The van der Waals surface area contributed by atoms with Gasteiger partial charge in [-0.1, -0.05) is 18.7 Å². The van der Waals surface area contributed by atoms with Crippen LogP contribution < -0.4 is 0 Å². The number of carbonyl (C=O) groups excluding carboxylic acids is 1. The number of benzene rings is 1. The monoisotopic (exact) mass is 394 g/mol. The Morgan fingerprint density at radius 1 is 1.07 bits per heavy atom. The zero-order valence-corrected chi connectivity index (χ0v) is 17.3. The SMILES string of the molecule is CC/C(C)=C1\SC(c2ccncc2)=C(c2ccc(F)cc2)N1/C(C)=C\C(C)=O. The van der Waals surface area contributed by atoms with Crippen LogP contribution in [0, 0.1) is 5.82 Å². The first-order valence-electron chi connectivity index (χ1n) is 9.19. The minimum absolute atomic E-state index is 0.00758. The lowest BCUT2D eigenvalue weighted by atomic mass is 10.1. The second-order valence-electron chi connectivity index (χ2n) is 6.69. The number of carbonyl (C=O) groups is 1. The van der Waals surface area contributed by atoms with Crippen molar-refractivity contribution in [3.63, 3.8) is 0 Å². The molecule has 3 nitrogen and oxygen atoms in total. The van der Waals surface area contributed by atoms with Gasteiger partial charge < -0.3 is 4.90 Å². The first-order valence-corrected chi connectivity index (χ1v) is 10.0. The molecule has 1 aromatic heterocycles. The third-order valence-corrected chi connectivity index (χ3v) is 5.92. The van der Waals surface area contributed by atoms with Crippen molar-refractivity contribution in [1.29, 1.82) is 0 Å². The highest BCUT2D eigenvalue weighted by atomic mass is 32.2. The smallest absolute Gasteiger partial charge is 0.154 e. The summed E-state index contributed by atoms with van der Waals surface area (Å²) < 4.78 is 13.6. The number of hydrogen-bond donors (Lipinski definition) is 0. The third-order valence-electron chi connectivity index (χ3n) is 4.56. The molecule has 0 saturated carbocycles. The number of ketones is 1. The molecule has 1 aromatic carbocycles. The van der Waals surface area contributed by atoms with Crippen LogP contribution in [0.4, 0.5) is 4.39 Å². The largest absolute Gasteiger partial charge is 0.307 e. The summed E-state index contributed by atoms with van der Waals surface area (Å²) in [5, 5.41) is 1.09. The Morgan fingerprint density at radius 3 is 2.29 bits per heavy atom. The molecule has 3 rings (SSSR count). The number of allylic oxidation sites excluding steroid dienone is 3. The summed E-state index contributed by atoms with van der Waals surface area (Å²) in [6.07, 6.45) is 6.07. The predicted molar refractivity (Wildman–Crippen MR) is 114 cm³/mol. The standard InChI is InChI=1S/C23H23FN2OS/c1-5-15(2)23-26(16(3)14-17(4)27)21(18-6-8-20(24)9-7-18)22(28-23)19-10-12-25-13-11-19/h6-14H,5H2,1-4H3/b16-14-,23-15-. The minimum atomic E-state index is -0.275. The van der Waals surface area contributed by atoms with E-state index in [4.69, 9.17) is 0 Å². The number of pyridine rings is 1. The maximum absolute atomic E-state index is 13.6. The molecule has 0 saturated heterocycles. The van der Waals surface area contributed by atoms with E-state index in [0.29, 0.717) is 0 Å². The zero-order chi connectivity index (χ0) is 20.3. The molecule has 0 spiro atoms. The van der Waals surface area contributed by atoms with E-state index in [2.05, 4.69) is 23.7 Å². The van der Waals surface area contributed by atoms with E-state index in [1.54, 1.807) is 49.3 Å². The molecule has 144 valence electrons. The molecule has 0 N–H and O–H groups in total. The summed E-state index contributed by atoms with van der Waals surface area (Å²) in [4.78, 5) is 19.1. The van der Waals surface area contributed by atoms with Crippen molar-refractivity contribution in [2.75, 3.05) is 0 Å². The Kier molecular flexibility index (Phi) is 6.15. The molecule has 0 radical (unpaired) electrons. The van der Waals surface area contributed by atoms with Gasteiger partial charge in [-0.05, 0) is 80.3 Å². The number of nitrogens with zero attached hydrogens (tertiary/aromatic N) is 2. The van der Waals surface area contributed by atoms with Gasteiger partial charge in [-0.3, -0.25) is 9.78 Å². The predicted octanol–water partition coefficient (Wildman–Crippen LogP) is 6.23. The van der Waals surface area contributed by atoms with Crippen LogP contribution in [0.3, 0.4) is 0 Å². The summed E-state index contributed by atoms with van der Waals surface area (Å²) in [6.45, 7) is 7.71. The Morgan fingerprint density at radius 2 is 1.71 bits per heavy atom. The van der Waals surface area contributed by atoms with Crippen LogP contribution >= 0.6 is 11.8 Å². The number of hydrogen-bond acceptors (Lipinski definition) is 4. The van der Waals surface area contributed by atoms with E-state index in [9.17, 15) is 9.18 Å². The topological polar surface area (TPSA) is 33.2 Å². The van der Waals surface area contributed by atoms with Gasteiger partial charge in [0.25, 0.3) is 0 Å². The van der Waals surface area contributed by atoms with Gasteiger partial charge in [-0.2, -0.15) is 0 Å². The average Bonchev–Trinajstić information content (AvgIpc) is 3.09. The highest BCUT2D eigenvalue weighted by Crippen LogP contribution is 2.53. The molecule has 0 aliphatic carbocycles. The van der Waals surface area contributed by atoms with Crippen LogP contribution in [0.25, 0.3) is 10.6 Å². The number of halogens is 1. The highest BCUT2D eigenvalue weighted by Gasteiger charge is 2.32. The van der Waals surface area contributed by atoms with Gasteiger partial charge in [0.2, 0.25) is 0 Å². The van der Waals surface area contributed by atoms with Crippen LogP contribution in [0.5, 0.6) is 0 Å². The first kappa shape index (κ1) is 20.1. The molecule has 2 heterocycles. The molecule has 0 atom stereocenters. The molecule has 2 aromatic rings. The van der Waals surface area contributed by atoms with Gasteiger partial charge >= 0.3 is 0 Å². The van der Waals surface area contributed by atoms with E-state index in [1.807, 2.05) is 19.1 Å². The van der Waals surface area contributed by atoms with Gasteiger partial charge in [0.15, 0.2) is 5.78 Å². The summed E-state index contributed by atoms with van der Waals surface area (Å²) in [7, 11) is 0. The fourth-order valence-electron chi connectivity index (χ4n) is 3.09. The maximum Gasteiger partial charge on any atom is 0.154 e. The lowest BCUT2D eigenvalue weighted by Gasteiger charge is -2.26. The van der Waals surface area contributed by atoms with Crippen molar-refractivity contribution >= 4 is 28.1 Å². The molecular formula is C23H23FN2OS. The van der Waals surface area contributed by atoms with E-state index in [-0.39, 0.29) is 11.6 Å². The normalized spacial score (nSPS) is 16.6. The van der Waals surface area contributed by atoms with E-state index in [1.165, 1.54) is 17.7 Å². The van der Waals surface area contributed by atoms with Gasteiger partial charge in [-0.15, -0.1) is 0 Å². The lowest BCUT2D eigenvalue weighted by Crippen LogP contribution is -2.17. The molecule has 0 bridgehead atoms. The van der Waals surface area contributed by atoms with E-state index >= 15 is 0 Å². The summed E-state index contributed by atoms with van der Waals surface area (Å²) in [6, 6.07) is 10.4. The second kappa shape index (κ2) is 8.57. The van der Waals surface area contributed by atoms with Gasteiger partial charge in [-0.25, -0.2) is 4.39 Å². The summed E-state index contributed by atoms with van der Waals surface area (Å²) in [5.41, 5.74) is 4.96. The molecule has 1 aliphatic rings. The molecule has 5 heteroatoms. The second-order valence-corrected chi connectivity index (χ2v) is 7.69. The van der Waals surface area contributed by atoms with Crippen molar-refractivity contribution in [3.8, 4) is 0 Å². The van der Waals surface area contributed by atoms with E-state index < -0.39 is 0 Å². The zero-order valence-electron chi connectivity index (χ0n) is 16.5. The van der Waals surface area contributed by atoms with Crippen LogP contribution in [0.1, 0.15) is 45.2 Å². The quantitative estimate of drug-likeness (QED) is 0.563. The van der Waals surface area contributed by atoms with Gasteiger partial charge in [0.05, 0.1) is 10.7 Å². The molecule has 28 heavy (non-hydrogen) atoms. The molecule has 0 unspecified atom stereocenters. The van der Waals surface area contributed by atoms with Crippen LogP contribution in [-0.4, -0.2) is 15.7 Å². The fraction of sp³-hybridized carbons (Fsp3) is 0.217. The van der Waals surface area contributed by atoms with Crippen molar-refractivity contribution < 1.29 is 9.18 Å². The number of aromatic nitrogens is 1. The van der Waals surface area contributed by atoms with Gasteiger partial charge in [0.1, 0.15) is 5.82 Å². The molecule has 0 amide bonds. The molecule has 1 aliphatic heterocycles. The number of thioether (sulfide) groups is 1. The van der Waals surface area contributed by atoms with Crippen LogP contribution in [0.2, 0.25) is 0 Å². The lowest BCUT2D eigenvalue weighted by molar-refractivity contribution is -0.112.